The molecule has 3 unspecified atom stereocenters. The Hall–Kier alpha value is -0.210. The van der Waals surface area contributed by atoms with Crippen LogP contribution in [0.1, 0.15) is 91.9 Å². The first-order valence-electron chi connectivity index (χ1n) is 12.5. The summed E-state index contributed by atoms with van der Waals surface area (Å²) in [5.41, 5.74) is 0. The quantitative estimate of drug-likeness (QED) is 0.221. The van der Waals surface area contributed by atoms with Crippen molar-refractivity contribution in [2.24, 2.45) is 5.92 Å². The normalized spacial score (nSPS) is 23.8. The SMILES string of the molecule is CCCC[N+](CCCC)(CCCC)CCCC.O=S(=O)([O-])OC1CN2CCCC1C2. The molecule has 0 aromatic carbocycles. The number of rotatable bonds is 14. The van der Waals surface area contributed by atoms with Crippen molar-refractivity contribution in [3.63, 3.8) is 0 Å². The van der Waals surface area contributed by atoms with Crippen molar-refractivity contribution < 1.29 is 21.6 Å². The minimum Gasteiger partial charge on any atom is -0.726 e. The highest BCUT2D eigenvalue weighted by molar-refractivity contribution is 7.80. The Balaban J connectivity index is 0.000000308. The first-order chi connectivity index (χ1) is 14.3. The summed E-state index contributed by atoms with van der Waals surface area (Å²) in [6.07, 6.45) is 12.7. The fourth-order valence-electron chi connectivity index (χ4n) is 4.87. The lowest BCUT2D eigenvalue weighted by atomic mass is 9.99. The molecule has 7 heteroatoms. The third-order valence-electron chi connectivity index (χ3n) is 6.69. The van der Waals surface area contributed by atoms with Crippen LogP contribution in [-0.2, 0) is 14.6 Å². The minimum atomic E-state index is -4.52. The Bertz CT molecular complexity index is 504. The number of fused-ring (bicyclic) bond motifs is 2. The summed E-state index contributed by atoms with van der Waals surface area (Å²) in [6.45, 7) is 17.5. The van der Waals surface area contributed by atoms with E-state index in [0.717, 1.165) is 25.9 Å². The smallest absolute Gasteiger partial charge is 0.217 e. The highest BCUT2D eigenvalue weighted by Gasteiger charge is 2.37. The molecule has 2 aliphatic rings. The van der Waals surface area contributed by atoms with E-state index in [0.29, 0.717) is 6.54 Å². The third kappa shape index (κ3) is 10.9. The first-order valence-corrected chi connectivity index (χ1v) is 13.8. The van der Waals surface area contributed by atoms with Crippen LogP contribution in [0.15, 0.2) is 0 Å². The molecule has 0 aliphatic carbocycles. The van der Waals surface area contributed by atoms with Gasteiger partial charge in [0.2, 0.25) is 10.4 Å². The molecule has 2 heterocycles. The lowest BCUT2D eigenvalue weighted by Crippen LogP contribution is -2.50. The number of hydrogen-bond acceptors (Lipinski definition) is 5. The van der Waals surface area contributed by atoms with E-state index in [4.69, 9.17) is 0 Å². The second-order valence-electron chi connectivity index (χ2n) is 9.36. The van der Waals surface area contributed by atoms with Crippen LogP contribution in [0.4, 0.5) is 0 Å². The first kappa shape index (κ1) is 27.8. The summed E-state index contributed by atoms with van der Waals surface area (Å²) in [5, 5.41) is 0. The Morgan fingerprint density at radius 1 is 0.867 bits per heavy atom. The number of hydrogen-bond donors (Lipinski definition) is 0. The summed E-state index contributed by atoms with van der Waals surface area (Å²) in [4.78, 5) is 2.14. The van der Waals surface area contributed by atoms with E-state index < -0.39 is 16.5 Å². The van der Waals surface area contributed by atoms with Crippen LogP contribution in [0, 0.1) is 5.92 Å². The van der Waals surface area contributed by atoms with Gasteiger partial charge in [0.15, 0.2) is 0 Å². The Morgan fingerprint density at radius 2 is 1.33 bits per heavy atom. The highest BCUT2D eigenvalue weighted by atomic mass is 32.3. The number of unbranched alkanes of at least 4 members (excludes halogenated alkanes) is 4. The number of quaternary nitrogens is 1. The molecular formula is C23H48N2O4S. The average molecular weight is 449 g/mol. The van der Waals surface area contributed by atoms with Crippen molar-refractivity contribution >= 4 is 10.4 Å². The molecule has 2 bridgehead atoms. The lowest BCUT2D eigenvalue weighted by Gasteiger charge is -2.39. The highest BCUT2D eigenvalue weighted by Crippen LogP contribution is 2.29. The van der Waals surface area contributed by atoms with Gasteiger partial charge in [0.1, 0.15) is 0 Å². The van der Waals surface area contributed by atoms with E-state index >= 15 is 0 Å². The minimum absolute atomic E-state index is 0.234. The van der Waals surface area contributed by atoms with Crippen LogP contribution in [-0.4, -0.2) is 74.3 Å². The molecule has 2 fully saturated rings. The van der Waals surface area contributed by atoms with E-state index in [1.165, 1.54) is 82.0 Å². The van der Waals surface area contributed by atoms with Crippen molar-refractivity contribution in [2.45, 2.75) is 98.0 Å². The molecule has 2 saturated heterocycles. The summed E-state index contributed by atoms with van der Waals surface area (Å²) >= 11 is 0. The molecule has 2 aliphatic heterocycles. The topological polar surface area (TPSA) is 69.7 Å². The van der Waals surface area contributed by atoms with Crippen LogP contribution >= 0.6 is 0 Å². The fraction of sp³-hybridized carbons (Fsp3) is 1.00. The van der Waals surface area contributed by atoms with Crippen molar-refractivity contribution in [1.82, 2.24) is 4.90 Å². The van der Waals surface area contributed by atoms with E-state index in [2.05, 4.69) is 36.8 Å². The van der Waals surface area contributed by atoms with Crippen molar-refractivity contribution in [3.05, 3.63) is 0 Å². The lowest BCUT2D eigenvalue weighted by molar-refractivity contribution is -0.929. The average Bonchev–Trinajstić information content (AvgIpc) is 2.98. The van der Waals surface area contributed by atoms with E-state index in [9.17, 15) is 13.0 Å². The summed E-state index contributed by atoms with van der Waals surface area (Å²) in [7, 11) is -4.52. The van der Waals surface area contributed by atoms with Crippen molar-refractivity contribution in [2.75, 3.05) is 45.8 Å². The second-order valence-corrected chi connectivity index (χ2v) is 10.4. The van der Waals surface area contributed by atoms with Gasteiger partial charge in [0.25, 0.3) is 0 Å². The predicted molar refractivity (Wildman–Crippen MR) is 123 cm³/mol. The van der Waals surface area contributed by atoms with E-state index in [1.54, 1.807) is 0 Å². The van der Waals surface area contributed by atoms with Gasteiger partial charge in [0, 0.05) is 19.0 Å². The molecule has 0 radical (unpaired) electrons. The number of nitrogens with zero attached hydrogens (tertiary/aromatic N) is 2. The molecule has 6 nitrogen and oxygen atoms in total. The van der Waals surface area contributed by atoms with E-state index in [1.807, 2.05) is 0 Å². The predicted octanol–water partition coefficient (Wildman–Crippen LogP) is 4.56. The van der Waals surface area contributed by atoms with Gasteiger partial charge in [-0.2, -0.15) is 0 Å². The van der Waals surface area contributed by atoms with Gasteiger partial charge in [-0.05, 0) is 45.1 Å². The molecule has 2 rings (SSSR count). The van der Waals surface area contributed by atoms with Crippen LogP contribution in [0.5, 0.6) is 0 Å². The van der Waals surface area contributed by atoms with Gasteiger partial charge < -0.3 is 13.9 Å². The molecule has 0 amide bonds. The monoisotopic (exact) mass is 448 g/mol. The van der Waals surface area contributed by atoms with Crippen LogP contribution in [0.2, 0.25) is 0 Å². The maximum absolute atomic E-state index is 10.4. The standard InChI is InChI=1S/C16H36N.C7H13NO4S/c1-5-9-13-17(14-10-6-2,15-11-7-3)16-12-8-4;9-13(10,11)12-7-5-8-3-1-2-6(7)4-8/h5-16H2,1-4H3;6-7H,1-5H2,(H,9,10,11)/q+1;/p-1. The van der Waals surface area contributed by atoms with Crippen LogP contribution in [0.3, 0.4) is 0 Å². The molecule has 0 aromatic heterocycles. The molecule has 180 valence electrons. The Kier molecular flexibility index (Phi) is 13.7. The van der Waals surface area contributed by atoms with Crippen LogP contribution in [0.25, 0.3) is 0 Å². The van der Waals surface area contributed by atoms with Crippen molar-refractivity contribution in [1.29, 1.82) is 0 Å². The van der Waals surface area contributed by atoms with Crippen molar-refractivity contribution in [3.8, 4) is 0 Å². The molecular weight excluding hydrogens is 400 g/mol. The zero-order valence-corrected chi connectivity index (χ0v) is 20.9. The van der Waals surface area contributed by atoms with Crippen LogP contribution < -0.4 is 0 Å². The van der Waals surface area contributed by atoms with Gasteiger partial charge in [-0.3, -0.25) is 4.18 Å². The maximum atomic E-state index is 10.4. The maximum Gasteiger partial charge on any atom is 0.217 e. The number of piperidine rings is 1. The second kappa shape index (κ2) is 14.8. The fourth-order valence-corrected chi connectivity index (χ4v) is 5.39. The summed E-state index contributed by atoms with van der Waals surface area (Å²) in [5.74, 6) is 0.234. The molecule has 0 N–H and O–H groups in total. The van der Waals surface area contributed by atoms with Gasteiger partial charge in [0.05, 0.1) is 32.3 Å². The van der Waals surface area contributed by atoms with Gasteiger partial charge in [-0.15, -0.1) is 0 Å². The zero-order valence-electron chi connectivity index (χ0n) is 20.1. The zero-order chi connectivity index (χ0) is 22.5. The third-order valence-corrected chi connectivity index (χ3v) is 7.17. The van der Waals surface area contributed by atoms with Gasteiger partial charge in [-0.1, -0.05) is 53.4 Å². The van der Waals surface area contributed by atoms with Gasteiger partial charge >= 0.3 is 0 Å². The largest absolute Gasteiger partial charge is 0.726 e. The summed E-state index contributed by atoms with van der Waals surface area (Å²) < 4.78 is 37.0. The van der Waals surface area contributed by atoms with Gasteiger partial charge in [-0.25, -0.2) is 8.42 Å². The molecule has 0 spiro atoms. The Labute approximate surface area is 186 Å². The molecule has 0 saturated carbocycles. The molecule has 0 aromatic rings. The molecule has 30 heavy (non-hydrogen) atoms. The summed E-state index contributed by atoms with van der Waals surface area (Å²) in [6, 6.07) is 0. The molecule has 3 atom stereocenters. The van der Waals surface area contributed by atoms with E-state index in [-0.39, 0.29) is 5.92 Å². The Morgan fingerprint density at radius 3 is 1.70 bits per heavy atom.